The van der Waals surface area contributed by atoms with Crippen molar-refractivity contribution >= 4 is 49.4 Å². The topological polar surface area (TPSA) is 3.24 Å². The van der Waals surface area contributed by atoms with E-state index < -0.39 is 0 Å². The number of anilines is 3. The largest absolute Gasteiger partial charge is 0.310 e. The Bertz CT molecular complexity index is 2590. The summed E-state index contributed by atoms with van der Waals surface area (Å²) in [5.41, 5.74) is 10.6. The van der Waals surface area contributed by atoms with Crippen LogP contribution in [0.25, 0.3) is 65.7 Å². The molecule has 0 atom stereocenters. The van der Waals surface area contributed by atoms with Crippen LogP contribution in [0.15, 0.2) is 200 Å². The van der Waals surface area contributed by atoms with Gasteiger partial charge in [-0.2, -0.15) is 0 Å². The van der Waals surface area contributed by atoms with Gasteiger partial charge in [0.15, 0.2) is 0 Å². The number of nitrogens with zero attached hydrogens (tertiary/aromatic N) is 1. The molecule has 0 spiro atoms. The number of rotatable bonds is 6. The smallest absolute Gasteiger partial charge is 0.0467 e. The lowest BCUT2D eigenvalue weighted by Crippen LogP contribution is -2.10. The van der Waals surface area contributed by atoms with Crippen LogP contribution in [0.5, 0.6) is 0 Å². The van der Waals surface area contributed by atoms with Gasteiger partial charge in [0.25, 0.3) is 0 Å². The SMILES string of the molecule is c1ccc(-c2ccc(N(c3cccc(-c4cccc5ccccc45)c3)c3cccc(-c4cc5ccccc5c5ccccc45)c3)cc2)cc1. The van der Waals surface area contributed by atoms with Crippen LogP contribution >= 0.6 is 0 Å². The van der Waals surface area contributed by atoms with Gasteiger partial charge in [0.2, 0.25) is 0 Å². The van der Waals surface area contributed by atoms with Crippen LogP contribution in [-0.2, 0) is 0 Å². The quantitative estimate of drug-likeness (QED) is 0.167. The molecule has 0 aromatic heterocycles. The molecule has 0 fully saturated rings. The summed E-state index contributed by atoms with van der Waals surface area (Å²) in [6.45, 7) is 0. The molecule has 0 aliphatic heterocycles. The fourth-order valence-electron chi connectivity index (χ4n) is 7.28. The fraction of sp³-hybridized carbons (Fsp3) is 0. The first-order valence-corrected chi connectivity index (χ1v) is 16.8. The molecule has 0 unspecified atom stereocenters. The van der Waals surface area contributed by atoms with E-state index in [1.54, 1.807) is 0 Å². The molecular formula is C48H33N. The van der Waals surface area contributed by atoms with Crippen molar-refractivity contribution in [2.24, 2.45) is 0 Å². The second-order valence-corrected chi connectivity index (χ2v) is 12.6. The average Bonchev–Trinajstić information content (AvgIpc) is 3.18. The van der Waals surface area contributed by atoms with Gasteiger partial charge in [-0.25, -0.2) is 0 Å². The molecule has 0 N–H and O–H groups in total. The monoisotopic (exact) mass is 623 g/mol. The second kappa shape index (κ2) is 12.3. The zero-order chi connectivity index (χ0) is 32.6. The van der Waals surface area contributed by atoms with E-state index in [1.165, 1.54) is 65.7 Å². The molecule has 0 amide bonds. The maximum absolute atomic E-state index is 2.39. The van der Waals surface area contributed by atoms with E-state index in [-0.39, 0.29) is 0 Å². The second-order valence-electron chi connectivity index (χ2n) is 12.6. The molecule has 0 saturated heterocycles. The predicted octanol–water partition coefficient (Wildman–Crippen LogP) is 13.6. The summed E-state index contributed by atoms with van der Waals surface area (Å²) in [5.74, 6) is 0. The summed E-state index contributed by atoms with van der Waals surface area (Å²) < 4.78 is 0. The molecule has 230 valence electrons. The number of hydrogen-bond acceptors (Lipinski definition) is 1. The Hall–Kier alpha value is -6.44. The van der Waals surface area contributed by atoms with Gasteiger partial charge < -0.3 is 4.90 Å². The van der Waals surface area contributed by atoms with Gasteiger partial charge in [0, 0.05) is 17.1 Å². The van der Waals surface area contributed by atoms with Gasteiger partial charge in [0.1, 0.15) is 0 Å². The van der Waals surface area contributed by atoms with Crippen molar-refractivity contribution in [1.82, 2.24) is 0 Å². The average molecular weight is 624 g/mol. The normalized spacial score (nSPS) is 11.3. The van der Waals surface area contributed by atoms with Crippen LogP contribution in [-0.4, -0.2) is 0 Å². The lowest BCUT2D eigenvalue weighted by Gasteiger charge is -2.27. The van der Waals surface area contributed by atoms with E-state index in [4.69, 9.17) is 0 Å². The van der Waals surface area contributed by atoms with Crippen LogP contribution in [0.1, 0.15) is 0 Å². The van der Waals surface area contributed by atoms with E-state index in [0.717, 1.165) is 17.1 Å². The molecule has 0 aliphatic rings. The van der Waals surface area contributed by atoms with E-state index >= 15 is 0 Å². The third-order valence-corrected chi connectivity index (χ3v) is 9.62. The first-order chi connectivity index (χ1) is 24.3. The Morgan fingerprint density at radius 2 is 0.755 bits per heavy atom. The molecule has 0 bridgehead atoms. The molecule has 9 rings (SSSR count). The van der Waals surface area contributed by atoms with E-state index in [2.05, 4.69) is 205 Å². The van der Waals surface area contributed by atoms with Crippen molar-refractivity contribution in [2.75, 3.05) is 4.90 Å². The first kappa shape index (κ1) is 28.8. The summed E-state index contributed by atoms with van der Waals surface area (Å²) in [6.07, 6.45) is 0. The number of benzene rings is 9. The zero-order valence-corrected chi connectivity index (χ0v) is 27.0. The van der Waals surface area contributed by atoms with Crippen molar-refractivity contribution in [2.45, 2.75) is 0 Å². The number of fused-ring (bicyclic) bond motifs is 4. The number of hydrogen-bond donors (Lipinski definition) is 0. The Balaban J connectivity index is 1.22. The third kappa shape index (κ3) is 5.32. The minimum atomic E-state index is 1.11. The summed E-state index contributed by atoms with van der Waals surface area (Å²) in [5, 5.41) is 7.56. The van der Waals surface area contributed by atoms with Crippen LogP contribution in [0.4, 0.5) is 17.1 Å². The molecule has 0 saturated carbocycles. The highest BCUT2D eigenvalue weighted by Gasteiger charge is 2.17. The van der Waals surface area contributed by atoms with E-state index in [0.29, 0.717) is 0 Å². The maximum atomic E-state index is 2.39. The summed E-state index contributed by atoms with van der Waals surface area (Å²) in [7, 11) is 0. The molecule has 0 radical (unpaired) electrons. The van der Waals surface area contributed by atoms with Gasteiger partial charge in [-0.05, 0) is 108 Å². The Morgan fingerprint density at radius 3 is 1.49 bits per heavy atom. The zero-order valence-electron chi connectivity index (χ0n) is 27.0. The van der Waals surface area contributed by atoms with Crippen molar-refractivity contribution in [3.63, 3.8) is 0 Å². The maximum Gasteiger partial charge on any atom is 0.0467 e. The molecule has 0 aliphatic carbocycles. The van der Waals surface area contributed by atoms with Crippen molar-refractivity contribution in [3.05, 3.63) is 200 Å². The van der Waals surface area contributed by atoms with E-state index in [1.807, 2.05) is 0 Å². The van der Waals surface area contributed by atoms with Crippen LogP contribution in [0, 0.1) is 0 Å². The minimum Gasteiger partial charge on any atom is -0.310 e. The van der Waals surface area contributed by atoms with Crippen LogP contribution in [0.3, 0.4) is 0 Å². The van der Waals surface area contributed by atoms with Gasteiger partial charge in [-0.3, -0.25) is 0 Å². The predicted molar refractivity (Wildman–Crippen MR) is 210 cm³/mol. The summed E-state index contributed by atoms with van der Waals surface area (Å²) in [4.78, 5) is 2.39. The molecule has 9 aromatic carbocycles. The van der Waals surface area contributed by atoms with Crippen LogP contribution in [0.2, 0.25) is 0 Å². The lowest BCUT2D eigenvalue weighted by atomic mass is 9.93. The van der Waals surface area contributed by atoms with Gasteiger partial charge in [0.05, 0.1) is 0 Å². The Labute approximate surface area is 287 Å². The third-order valence-electron chi connectivity index (χ3n) is 9.62. The molecule has 1 nitrogen and oxygen atoms in total. The lowest BCUT2D eigenvalue weighted by molar-refractivity contribution is 1.28. The van der Waals surface area contributed by atoms with Gasteiger partial charge >= 0.3 is 0 Å². The highest BCUT2D eigenvalue weighted by atomic mass is 15.1. The highest BCUT2D eigenvalue weighted by molar-refractivity contribution is 6.14. The fourth-order valence-corrected chi connectivity index (χ4v) is 7.28. The molecule has 1 heteroatoms. The summed E-state index contributed by atoms with van der Waals surface area (Å²) >= 11 is 0. The molecule has 9 aromatic rings. The summed E-state index contributed by atoms with van der Waals surface area (Å²) in [6, 6.07) is 72.5. The molecule has 0 heterocycles. The van der Waals surface area contributed by atoms with Crippen molar-refractivity contribution in [3.8, 4) is 33.4 Å². The van der Waals surface area contributed by atoms with Crippen molar-refractivity contribution < 1.29 is 0 Å². The Kier molecular flexibility index (Phi) is 7.22. The standard InChI is InChI=1S/C48H33N/c1-2-13-34(14-3-1)35-27-29-40(30-28-35)49(41-20-10-18-37(31-41)44-26-12-17-36-15-4-6-22-43(36)44)42-21-11-19-38(32-42)48-33-39-16-5-7-23-45(39)46-24-8-9-25-47(46)48/h1-33H. The molecule has 49 heavy (non-hydrogen) atoms. The molecular weight excluding hydrogens is 591 g/mol. The first-order valence-electron chi connectivity index (χ1n) is 16.8. The van der Waals surface area contributed by atoms with Gasteiger partial charge in [-0.15, -0.1) is 0 Å². The van der Waals surface area contributed by atoms with Crippen molar-refractivity contribution in [1.29, 1.82) is 0 Å². The van der Waals surface area contributed by atoms with E-state index in [9.17, 15) is 0 Å². The Morgan fingerprint density at radius 1 is 0.245 bits per heavy atom. The van der Waals surface area contributed by atoms with Gasteiger partial charge in [-0.1, -0.05) is 158 Å². The highest BCUT2D eigenvalue weighted by Crippen LogP contribution is 2.41. The van der Waals surface area contributed by atoms with Crippen LogP contribution < -0.4 is 4.90 Å². The minimum absolute atomic E-state index is 1.11.